The van der Waals surface area contributed by atoms with Crippen molar-refractivity contribution in [1.29, 1.82) is 0 Å². The molecule has 3 aromatic rings. The Morgan fingerprint density at radius 1 is 1.19 bits per heavy atom. The summed E-state index contributed by atoms with van der Waals surface area (Å²) in [6.45, 7) is 1.33. The van der Waals surface area contributed by atoms with Crippen LogP contribution in [0.2, 0.25) is 5.02 Å². The summed E-state index contributed by atoms with van der Waals surface area (Å²) in [5, 5.41) is 0.728. The standard InChI is InChI=1S/C16H15ClN2O2/c1-18(10-12-5-4-6-13(17)9-12)11-19-14-7-2-3-8-15(14)21-16(19)20/h2-9H,10-11H2,1H3/p+1. The van der Waals surface area contributed by atoms with Gasteiger partial charge >= 0.3 is 5.76 Å². The molecule has 0 radical (unpaired) electrons. The molecular weight excluding hydrogens is 288 g/mol. The molecule has 0 saturated heterocycles. The minimum atomic E-state index is -0.318. The zero-order valence-electron chi connectivity index (χ0n) is 11.7. The summed E-state index contributed by atoms with van der Waals surface area (Å²) in [6, 6.07) is 15.2. The average Bonchev–Trinajstić information content (AvgIpc) is 2.75. The Hall–Kier alpha value is -2.04. The number of para-hydroxylation sites is 2. The fraction of sp³-hybridized carbons (Fsp3) is 0.188. The molecule has 1 N–H and O–H groups in total. The molecule has 1 aromatic heterocycles. The summed E-state index contributed by atoms with van der Waals surface area (Å²) >= 11 is 5.99. The highest BCUT2D eigenvalue weighted by atomic mass is 35.5. The van der Waals surface area contributed by atoms with Crippen molar-refractivity contribution in [2.45, 2.75) is 13.2 Å². The number of fused-ring (bicyclic) bond motifs is 1. The molecular formula is C16H16ClN2O2+. The summed E-state index contributed by atoms with van der Waals surface area (Å²) in [7, 11) is 2.04. The Morgan fingerprint density at radius 2 is 2.00 bits per heavy atom. The first-order chi connectivity index (χ1) is 10.1. The van der Waals surface area contributed by atoms with E-state index in [0.29, 0.717) is 12.3 Å². The van der Waals surface area contributed by atoms with Crippen molar-refractivity contribution in [2.75, 3.05) is 7.05 Å². The van der Waals surface area contributed by atoms with Gasteiger partial charge in [0.25, 0.3) is 0 Å². The molecule has 2 aromatic carbocycles. The van der Waals surface area contributed by atoms with E-state index in [9.17, 15) is 4.79 Å². The van der Waals surface area contributed by atoms with Gasteiger partial charge in [0.2, 0.25) is 0 Å². The number of benzene rings is 2. The second-order valence-corrected chi connectivity index (χ2v) is 5.62. The van der Waals surface area contributed by atoms with Crippen LogP contribution in [0.5, 0.6) is 0 Å². The van der Waals surface area contributed by atoms with Crippen LogP contribution in [0.25, 0.3) is 11.1 Å². The minimum Gasteiger partial charge on any atom is -0.408 e. The summed E-state index contributed by atoms with van der Waals surface area (Å²) in [5.74, 6) is -0.318. The highest BCUT2D eigenvalue weighted by Crippen LogP contribution is 2.11. The van der Waals surface area contributed by atoms with E-state index in [1.165, 1.54) is 4.90 Å². The fourth-order valence-corrected chi connectivity index (χ4v) is 2.70. The van der Waals surface area contributed by atoms with Gasteiger partial charge in [-0.3, -0.25) is 0 Å². The molecule has 3 rings (SSSR count). The lowest BCUT2D eigenvalue weighted by Crippen LogP contribution is -3.07. The average molecular weight is 304 g/mol. The molecule has 4 nitrogen and oxygen atoms in total. The third-order valence-electron chi connectivity index (χ3n) is 3.40. The zero-order valence-corrected chi connectivity index (χ0v) is 12.4. The highest BCUT2D eigenvalue weighted by Gasteiger charge is 2.12. The lowest BCUT2D eigenvalue weighted by atomic mass is 10.2. The van der Waals surface area contributed by atoms with Gasteiger partial charge in [-0.2, -0.15) is 0 Å². The molecule has 0 saturated carbocycles. The number of nitrogens with zero attached hydrogens (tertiary/aromatic N) is 1. The molecule has 1 unspecified atom stereocenters. The molecule has 1 atom stereocenters. The van der Waals surface area contributed by atoms with E-state index < -0.39 is 0 Å². The normalized spacial score (nSPS) is 12.7. The van der Waals surface area contributed by atoms with Gasteiger partial charge in [0.1, 0.15) is 6.54 Å². The number of aromatic nitrogens is 1. The third kappa shape index (κ3) is 3.01. The Labute approximate surface area is 127 Å². The van der Waals surface area contributed by atoms with Gasteiger partial charge in [-0.25, -0.2) is 9.36 Å². The number of halogens is 1. The van der Waals surface area contributed by atoms with Crippen LogP contribution in [-0.2, 0) is 13.2 Å². The Kier molecular flexibility index (Phi) is 3.82. The topological polar surface area (TPSA) is 39.6 Å². The molecule has 5 heteroatoms. The van der Waals surface area contributed by atoms with Crippen molar-refractivity contribution in [3.05, 3.63) is 69.7 Å². The maximum atomic E-state index is 11.9. The van der Waals surface area contributed by atoms with Crippen molar-refractivity contribution in [2.24, 2.45) is 0 Å². The molecule has 0 spiro atoms. The van der Waals surface area contributed by atoms with Gasteiger partial charge in [-0.05, 0) is 24.3 Å². The second-order valence-electron chi connectivity index (χ2n) is 5.19. The molecule has 0 amide bonds. The van der Waals surface area contributed by atoms with Gasteiger partial charge in [-0.1, -0.05) is 35.9 Å². The number of rotatable bonds is 4. The van der Waals surface area contributed by atoms with Crippen molar-refractivity contribution in [3.8, 4) is 0 Å². The Balaban J connectivity index is 1.82. The third-order valence-corrected chi connectivity index (χ3v) is 3.63. The number of oxazole rings is 1. The fourth-order valence-electron chi connectivity index (χ4n) is 2.48. The van der Waals surface area contributed by atoms with Crippen LogP contribution in [0.3, 0.4) is 0 Å². The second kappa shape index (κ2) is 5.76. The van der Waals surface area contributed by atoms with E-state index in [0.717, 1.165) is 22.6 Å². The van der Waals surface area contributed by atoms with Crippen LogP contribution in [-0.4, -0.2) is 11.6 Å². The van der Waals surface area contributed by atoms with Crippen LogP contribution >= 0.6 is 11.6 Å². The van der Waals surface area contributed by atoms with Gasteiger partial charge in [-0.15, -0.1) is 0 Å². The smallest absolute Gasteiger partial charge is 0.408 e. The summed E-state index contributed by atoms with van der Waals surface area (Å²) in [4.78, 5) is 13.1. The highest BCUT2D eigenvalue weighted by molar-refractivity contribution is 6.30. The van der Waals surface area contributed by atoms with Crippen molar-refractivity contribution in [3.63, 3.8) is 0 Å². The maximum Gasteiger partial charge on any atom is 0.424 e. The van der Waals surface area contributed by atoms with Crippen molar-refractivity contribution >= 4 is 22.7 Å². The van der Waals surface area contributed by atoms with E-state index in [2.05, 4.69) is 0 Å². The molecule has 0 aliphatic heterocycles. The van der Waals surface area contributed by atoms with Crippen LogP contribution in [0.1, 0.15) is 5.56 Å². The van der Waals surface area contributed by atoms with Gasteiger partial charge in [0.05, 0.1) is 12.6 Å². The molecule has 1 heterocycles. The van der Waals surface area contributed by atoms with Crippen molar-refractivity contribution < 1.29 is 9.32 Å². The van der Waals surface area contributed by atoms with Gasteiger partial charge in [0, 0.05) is 10.6 Å². The maximum absolute atomic E-state index is 11.9. The number of hydrogen-bond acceptors (Lipinski definition) is 2. The predicted octanol–water partition coefficient (Wildman–Crippen LogP) is 1.92. The Morgan fingerprint density at radius 3 is 2.81 bits per heavy atom. The number of quaternary nitrogens is 1. The predicted molar refractivity (Wildman–Crippen MR) is 82.5 cm³/mol. The van der Waals surface area contributed by atoms with Crippen LogP contribution in [0.4, 0.5) is 0 Å². The van der Waals surface area contributed by atoms with E-state index in [-0.39, 0.29) is 5.76 Å². The van der Waals surface area contributed by atoms with Gasteiger partial charge < -0.3 is 9.32 Å². The molecule has 108 valence electrons. The molecule has 0 bridgehead atoms. The molecule has 0 fully saturated rings. The van der Waals surface area contributed by atoms with Crippen LogP contribution < -0.4 is 10.7 Å². The molecule has 21 heavy (non-hydrogen) atoms. The van der Waals surface area contributed by atoms with Crippen LogP contribution in [0.15, 0.2) is 57.7 Å². The van der Waals surface area contributed by atoms with E-state index in [1.54, 1.807) is 10.6 Å². The summed E-state index contributed by atoms with van der Waals surface area (Å²) in [5.41, 5.74) is 2.59. The quantitative estimate of drug-likeness (QED) is 0.800. The van der Waals surface area contributed by atoms with E-state index in [4.69, 9.17) is 16.0 Å². The first-order valence-corrected chi connectivity index (χ1v) is 7.15. The first-order valence-electron chi connectivity index (χ1n) is 6.77. The number of hydrogen-bond donors (Lipinski definition) is 1. The van der Waals surface area contributed by atoms with Crippen LogP contribution in [0, 0.1) is 0 Å². The molecule has 0 aliphatic carbocycles. The zero-order chi connectivity index (χ0) is 14.8. The largest absolute Gasteiger partial charge is 0.424 e. The van der Waals surface area contributed by atoms with E-state index >= 15 is 0 Å². The first kappa shape index (κ1) is 13.9. The van der Waals surface area contributed by atoms with E-state index in [1.807, 2.05) is 49.5 Å². The van der Waals surface area contributed by atoms with Gasteiger partial charge in [0.15, 0.2) is 12.3 Å². The Bertz CT molecular complexity index is 822. The lowest BCUT2D eigenvalue weighted by molar-refractivity contribution is -0.916. The lowest BCUT2D eigenvalue weighted by Gasteiger charge is -2.14. The molecule has 0 aliphatic rings. The summed E-state index contributed by atoms with van der Waals surface area (Å²) < 4.78 is 6.90. The summed E-state index contributed by atoms with van der Waals surface area (Å²) in [6.07, 6.45) is 0. The minimum absolute atomic E-state index is 0.318. The number of nitrogens with one attached hydrogen (secondary N) is 1. The van der Waals surface area contributed by atoms with Crippen molar-refractivity contribution in [1.82, 2.24) is 4.57 Å². The monoisotopic (exact) mass is 303 g/mol. The SMILES string of the molecule is C[NH+](Cc1cccc(Cl)c1)Cn1c(=O)oc2ccccc21.